The summed E-state index contributed by atoms with van der Waals surface area (Å²) >= 11 is 3.54. The van der Waals surface area contributed by atoms with Gasteiger partial charge in [-0.3, -0.25) is 0 Å². The highest BCUT2D eigenvalue weighted by Crippen LogP contribution is 2.38. The molecule has 0 bridgehead atoms. The van der Waals surface area contributed by atoms with E-state index in [0.29, 0.717) is 6.04 Å². The molecule has 1 nitrogen and oxygen atoms in total. The molecule has 3 atom stereocenters. The Bertz CT molecular complexity index is 387. The summed E-state index contributed by atoms with van der Waals surface area (Å²) in [6.07, 6.45) is 8.17. The third kappa shape index (κ3) is 4.33. The van der Waals surface area contributed by atoms with Gasteiger partial charge < -0.3 is 5.32 Å². The van der Waals surface area contributed by atoms with E-state index in [9.17, 15) is 0 Å². The third-order valence-corrected chi connectivity index (χ3v) is 5.24. The van der Waals surface area contributed by atoms with Gasteiger partial charge in [0.15, 0.2) is 0 Å². The number of rotatable bonds is 6. The lowest BCUT2D eigenvalue weighted by atomic mass is 9.75. The smallest absolute Gasteiger partial charge is 0.0348 e. The van der Waals surface area contributed by atoms with Crippen LogP contribution in [0.25, 0.3) is 0 Å². The van der Waals surface area contributed by atoms with Gasteiger partial charge in [-0.1, -0.05) is 61.2 Å². The van der Waals surface area contributed by atoms with Crippen LogP contribution in [0.1, 0.15) is 64.0 Å². The van der Waals surface area contributed by atoms with E-state index in [1.807, 2.05) is 0 Å². The quantitative estimate of drug-likeness (QED) is 0.701. The maximum atomic E-state index is 3.80. The molecule has 1 aromatic carbocycles. The number of halogens is 1. The molecule has 2 heteroatoms. The molecule has 0 aliphatic heterocycles. The largest absolute Gasteiger partial charge is 0.310 e. The Morgan fingerprint density at radius 1 is 1.20 bits per heavy atom. The molecule has 112 valence electrons. The molecular formula is C18H28BrN. The highest BCUT2D eigenvalue weighted by Gasteiger charge is 2.28. The average Bonchev–Trinajstić information content (AvgIpc) is 2.49. The Kier molecular flexibility index (Phi) is 6.57. The van der Waals surface area contributed by atoms with Crippen molar-refractivity contribution >= 4 is 15.9 Å². The van der Waals surface area contributed by atoms with Crippen molar-refractivity contribution < 1.29 is 0 Å². The van der Waals surface area contributed by atoms with Crippen molar-refractivity contribution in [3.8, 4) is 0 Å². The molecule has 1 aromatic rings. The van der Waals surface area contributed by atoms with E-state index < -0.39 is 0 Å². The van der Waals surface area contributed by atoms with Crippen molar-refractivity contribution in [1.29, 1.82) is 0 Å². The Hall–Kier alpha value is -0.340. The minimum Gasteiger partial charge on any atom is -0.310 e. The normalized spacial score (nSPS) is 24.6. The molecule has 1 aliphatic rings. The van der Waals surface area contributed by atoms with E-state index >= 15 is 0 Å². The molecule has 0 amide bonds. The molecule has 1 aliphatic carbocycles. The number of hydrogen-bond acceptors (Lipinski definition) is 1. The maximum Gasteiger partial charge on any atom is 0.0348 e. The summed E-state index contributed by atoms with van der Waals surface area (Å²) in [5.41, 5.74) is 1.46. The van der Waals surface area contributed by atoms with Gasteiger partial charge in [0.1, 0.15) is 0 Å². The summed E-state index contributed by atoms with van der Waals surface area (Å²) in [5.74, 6) is 1.75. The van der Waals surface area contributed by atoms with Gasteiger partial charge in [0.25, 0.3) is 0 Å². The highest BCUT2D eigenvalue weighted by atomic mass is 79.9. The first-order valence-corrected chi connectivity index (χ1v) is 9.02. The minimum atomic E-state index is 0.539. The van der Waals surface area contributed by atoms with Gasteiger partial charge >= 0.3 is 0 Å². The van der Waals surface area contributed by atoms with Crippen LogP contribution in [-0.4, -0.2) is 6.54 Å². The number of hydrogen-bond donors (Lipinski definition) is 1. The molecule has 20 heavy (non-hydrogen) atoms. The fourth-order valence-electron chi connectivity index (χ4n) is 3.53. The molecule has 1 fully saturated rings. The zero-order valence-corrected chi connectivity index (χ0v) is 14.5. The van der Waals surface area contributed by atoms with Crippen LogP contribution in [0.2, 0.25) is 0 Å². The predicted molar refractivity (Wildman–Crippen MR) is 90.9 cm³/mol. The van der Waals surface area contributed by atoms with Crippen LogP contribution in [0.15, 0.2) is 28.7 Å². The molecule has 0 radical (unpaired) electrons. The number of nitrogens with one attached hydrogen (secondary N) is 1. The summed E-state index contributed by atoms with van der Waals surface area (Å²) in [5, 5.41) is 3.80. The Morgan fingerprint density at radius 3 is 2.60 bits per heavy atom. The number of benzene rings is 1. The second-order valence-electron chi connectivity index (χ2n) is 6.18. The maximum absolute atomic E-state index is 3.80. The second kappa shape index (κ2) is 8.19. The third-order valence-electron chi connectivity index (χ3n) is 4.72. The summed E-state index contributed by atoms with van der Waals surface area (Å²) in [6, 6.07) is 9.46. The summed E-state index contributed by atoms with van der Waals surface area (Å²) < 4.78 is 1.17. The van der Waals surface area contributed by atoms with Crippen molar-refractivity contribution in [2.24, 2.45) is 11.8 Å². The van der Waals surface area contributed by atoms with E-state index in [0.717, 1.165) is 18.4 Å². The standard InChI is InChI=1S/C18H28BrN/c1-3-12-20-18(15-8-10-17(19)11-9-15)16-7-5-6-14(4-2)13-16/h8-11,14,16,18,20H,3-7,12-13H2,1-2H3. The molecule has 0 spiro atoms. The van der Waals surface area contributed by atoms with Crippen LogP contribution >= 0.6 is 15.9 Å². The van der Waals surface area contributed by atoms with Crippen LogP contribution in [-0.2, 0) is 0 Å². The van der Waals surface area contributed by atoms with Crippen LogP contribution in [0.5, 0.6) is 0 Å². The van der Waals surface area contributed by atoms with Crippen molar-refractivity contribution in [3.05, 3.63) is 34.3 Å². The van der Waals surface area contributed by atoms with E-state index in [1.54, 1.807) is 0 Å². The summed E-state index contributed by atoms with van der Waals surface area (Å²) in [6.45, 7) is 5.72. The molecule has 1 N–H and O–H groups in total. The van der Waals surface area contributed by atoms with Crippen LogP contribution < -0.4 is 5.32 Å². The van der Waals surface area contributed by atoms with Crippen molar-refractivity contribution in [2.45, 2.75) is 58.4 Å². The fourth-order valence-corrected chi connectivity index (χ4v) is 3.80. The van der Waals surface area contributed by atoms with Gasteiger partial charge in [-0.2, -0.15) is 0 Å². The van der Waals surface area contributed by atoms with Gasteiger partial charge in [-0.05, 0) is 55.3 Å². The zero-order valence-electron chi connectivity index (χ0n) is 12.9. The fraction of sp³-hybridized carbons (Fsp3) is 0.667. The van der Waals surface area contributed by atoms with Crippen molar-refractivity contribution in [1.82, 2.24) is 5.32 Å². The van der Waals surface area contributed by atoms with Crippen molar-refractivity contribution in [3.63, 3.8) is 0 Å². The lowest BCUT2D eigenvalue weighted by Crippen LogP contribution is -2.32. The molecule has 2 rings (SSSR count). The molecule has 3 unspecified atom stereocenters. The first-order valence-electron chi connectivity index (χ1n) is 8.23. The van der Waals surface area contributed by atoms with Gasteiger partial charge in [-0.15, -0.1) is 0 Å². The van der Waals surface area contributed by atoms with Crippen LogP contribution in [0, 0.1) is 11.8 Å². The molecule has 0 saturated heterocycles. The van der Waals surface area contributed by atoms with Crippen LogP contribution in [0.3, 0.4) is 0 Å². The molecule has 0 aromatic heterocycles. The van der Waals surface area contributed by atoms with Crippen LogP contribution in [0.4, 0.5) is 0 Å². The molecule has 1 saturated carbocycles. The lowest BCUT2D eigenvalue weighted by Gasteiger charge is -2.35. The average molecular weight is 338 g/mol. The van der Waals surface area contributed by atoms with Gasteiger partial charge in [0, 0.05) is 10.5 Å². The first-order chi connectivity index (χ1) is 9.74. The van der Waals surface area contributed by atoms with Gasteiger partial charge in [0.2, 0.25) is 0 Å². The Morgan fingerprint density at radius 2 is 1.95 bits per heavy atom. The monoisotopic (exact) mass is 337 g/mol. The topological polar surface area (TPSA) is 12.0 Å². The molecular weight excluding hydrogens is 310 g/mol. The van der Waals surface area contributed by atoms with E-state index in [4.69, 9.17) is 0 Å². The second-order valence-corrected chi connectivity index (χ2v) is 7.10. The first kappa shape index (κ1) is 16.0. The Balaban J connectivity index is 2.11. The highest BCUT2D eigenvalue weighted by molar-refractivity contribution is 9.10. The van der Waals surface area contributed by atoms with E-state index in [2.05, 4.69) is 59.4 Å². The predicted octanol–water partition coefficient (Wildman–Crippen LogP) is 5.71. The van der Waals surface area contributed by atoms with Crippen molar-refractivity contribution in [2.75, 3.05) is 6.54 Å². The van der Waals surface area contributed by atoms with E-state index in [-0.39, 0.29) is 0 Å². The molecule has 0 heterocycles. The van der Waals surface area contributed by atoms with E-state index in [1.165, 1.54) is 48.6 Å². The lowest BCUT2D eigenvalue weighted by molar-refractivity contribution is 0.209. The van der Waals surface area contributed by atoms with Gasteiger partial charge in [-0.25, -0.2) is 0 Å². The van der Waals surface area contributed by atoms with Gasteiger partial charge in [0.05, 0.1) is 0 Å². The Labute approximate surface area is 132 Å². The zero-order chi connectivity index (χ0) is 14.4. The summed E-state index contributed by atoms with van der Waals surface area (Å²) in [4.78, 5) is 0. The SMILES string of the molecule is CCCNC(c1ccc(Br)cc1)C1CCCC(CC)C1. The minimum absolute atomic E-state index is 0.539. The summed E-state index contributed by atoms with van der Waals surface area (Å²) in [7, 11) is 0.